The van der Waals surface area contributed by atoms with Crippen molar-refractivity contribution in [3.63, 3.8) is 0 Å². The average molecular weight is 384 g/mol. The van der Waals surface area contributed by atoms with Crippen molar-refractivity contribution < 1.29 is 9.53 Å². The van der Waals surface area contributed by atoms with E-state index < -0.39 is 5.41 Å². The minimum Gasteiger partial charge on any atom is -0.381 e. The zero-order chi connectivity index (χ0) is 17.8. The van der Waals surface area contributed by atoms with Crippen LogP contribution in [0.5, 0.6) is 0 Å². The van der Waals surface area contributed by atoms with Gasteiger partial charge < -0.3 is 10.1 Å². The Bertz CT molecular complexity index is 788. The molecule has 0 unspecified atom stereocenters. The lowest BCUT2D eigenvalue weighted by molar-refractivity contribution is -0.131. The molecule has 3 heterocycles. The third-order valence-electron chi connectivity index (χ3n) is 5.09. The van der Waals surface area contributed by atoms with Crippen LogP contribution in [0.3, 0.4) is 0 Å². The molecular formula is C21H21NO2S2. The highest BCUT2D eigenvalue weighted by molar-refractivity contribution is 7.10. The molecule has 5 heteroatoms. The number of ether oxygens (including phenoxy) is 1. The van der Waals surface area contributed by atoms with Gasteiger partial charge in [-0.05, 0) is 52.2 Å². The van der Waals surface area contributed by atoms with E-state index in [9.17, 15) is 4.79 Å². The van der Waals surface area contributed by atoms with Crippen LogP contribution in [0.15, 0.2) is 64.7 Å². The highest BCUT2D eigenvalue weighted by Gasteiger charge is 2.42. The van der Waals surface area contributed by atoms with Gasteiger partial charge in [0, 0.05) is 18.1 Å². The molecule has 0 spiro atoms. The van der Waals surface area contributed by atoms with Crippen LogP contribution in [0.25, 0.3) is 0 Å². The van der Waals surface area contributed by atoms with Crippen LogP contribution in [0.1, 0.15) is 34.9 Å². The SMILES string of the molecule is O=C(N[C@@H](c1ccsc1)c1cccs1)C1(c2ccccc2)CCOCC1. The predicted molar refractivity (Wildman–Crippen MR) is 107 cm³/mol. The third-order valence-corrected chi connectivity index (χ3v) is 6.73. The lowest BCUT2D eigenvalue weighted by Crippen LogP contribution is -2.49. The maximum atomic E-state index is 13.6. The van der Waals surface area contributed by atoms with E-state index in [4.69, 9.17) is 4.74 Å². The van der Waals surface area contributed by atoms with Gasteiger partial charge in [-0.1, -0.05) is 36.4 Å². The molecule has 1 N–H and O–H groups in total. The van der Waals surface area contributed by atoms with Crippen LogP contribution in [0.2, 0.25) is 0 Å². The van der Waals surface area contributed by atoms with E-state index >= 15 is 0 Å². The number of amides is 1. The first-order valence-electron chi connectivity index (χ1n) is 8.79. The Kier molecular flexibility index (Phi) is 5.20. The van der Waals surface area contributed by atoms with E-state index in [1.807, 2.05) is 24.3 Å². The highest BCUT2D eigenvalue weighted by atomic mass is 32.1. The van der Waals surface area contributed by atoms with Crippen molar-refractivity contribution in [1.82, 2.24) is 5.32 Å². The Balaban J connectivity index is 1.67. The molecule has 0 saturated carbocycles. The fraction of sp³-hybridized carbons (Fsp3) is 0.286. The van der Waals surface area contributed by atoms with Gasteiger partial charge in [0.2, 0.25) is 5.91 Å². The summed E-state index contributed by atoms with van der Waals surface area (Å²) >= 11 is 3.33. The molecule has 0 bridgehead atoms. The second kappa shape index (κ2) is 7.74. The summed E-state index contributed by atoms with van der Waals surface area (Å²) in [6.07, 6.45) is 1.42. The van der Waals surface area contributed by atoms with Gasteiger partial charge in [0.05, 0.1) is 11.5 Å². The van der Waals surface area contributed by atoms with Gasteiger partial charge in [-0.2, -0.15) is 11.3 Å². The number of nitrogens with one attached hydrogen (secondary N) is 1. The first-order chi connectivity index (χ1) is 12.8. The van der Waals surface area contributed by atoms with Gasteiger partial charge in [-0.3, -0.25) is 4.79 Å². The summed E-state index contributed by atoms with van der Waals surface area (Å²) in [7, 11) is 0. The Morgan fingerprint density at radius 3 is 2.50 bits per heavy atom. The fourth-order valence-corrected chi connectivity index (χ4v) is 5.10. The van der Waals surface area contributed by atoms with Crippen LogP contribution in [-0.4, -0.2) is 19.1 Å². The maximum absolute atomic E-state index is 13.6. The van der Waals surface area contributed by atoms with Crippen LogP contribution >= 0.6 is 22.7 Å². The predicted octanol–water partition coefficient (Wildman–Crippen LogP) is 4.76. The molecule has 1 aromatic carbocycles. The Labute approximate surface area is 161 Å². The van der Waals surface area contributed by atoms with E-state index in [1.165, 1.54) is 0 Å². The fourth-order valence-electron chi connectivity index (χ4n) is 3.61. The van der Waals surface area contributed by atoms with E-state index in [2.05, 4.69) is 45.7 Å². The van der Waals surface area contributed by atoms with E-state index in [-0.39, 0.29) is 11.9 Å². The van der Waals surface area contributed by atoms with Gasteiger partial charge in [-0.25, -0.2) is 0 Å². The first-order valence-corrected chi connectivity index (χ1v) is 10.6. The van der Waals surface area contributed by atoms with E-state index in [1.54, 1.807) is 22.7 Å². The largest absolute Gasteiger partial charge is 0.381 e. The van der Waals surface area contributed by atoms with Crippen LogP contribution in [0.4, 0.5) is 0 Å². The highest BCUT2D eigenvalue weighted by Crippen LogP contribution is 2.37. The summed E-state index contributed by atoms with van der Waals surface area (Å²) in [6, 6.07) is 16.3. The molecular weight excluding hydrogens is 362 g/mol. The molecule has 1 atom stereocenters. The zero-order valence-electron chi connectivity index (χ0n) is 14.4. The molecule has 1 amide bonds. The van der Waals surface area contributed by atoms with Crippen molar-refractivity contribution >= 4 is 28.6 Å². The maximum Gasteiger partial charge on any atom is 0.231 e. The van der Waals surface area contributed by atoms with Crippen molar-refractivity contribution in [3.8, 4) is 0 Å². The Morgan fingerprint density at radius 1 is 1.04 bits per heavy atom. The minimum atomic E-state index is -0.523. The van der Waals surface area contributed by atoms with E-state index in [0.29, 0.717) is 26.1 Å². The van der Waals surface area contributed by atoms with Gasteiger partial charge in [0.15, 0.2) is 0 Å². The molecule has 1 aliphatic heterocycles. The molecule has 1 fully saturated rings. The Hall–Kier alpha value is -1.95. The molecule has 0 aliphatic carbocycles. The van der Waals surface area contributed by atoms with Crippen molar-refractivity contribution in [1.29, 1.82) is 0 Å². The number of thiophene rings is 2. The molecule has 134 valence electrons. The second-order valence-corrected chi connectivity index (χ2v) is 8.30. The van der Waals surface area contributed by atoms with Gasteiger partial charge >= 0.3 is 0 Å². The average Bonchev–Trinajstić information content (AvgIpc) is 3.41. The molecule has 1 saturated heterocycles. The topological polar surface area (TPSA) is 38.3 Å². The Morgan fingerprint density at radius 2 is 1.85 bits per heavy atom. The molecule has 4 rings (SSSR count). The summed E-state index contributed by atoms with van der Waals surface area (Å²) < 4.78 is 5.57. The van der Waals surface area contributed by atoms with Crippen LogP contribution in [0, 0.1) is 0 Å². The monoisotopic (exact) mass is 383 g/mol. The summed E-state index contributed by atoms with van der Waals surface area (Å²) in [5, 5.41) is 9.59. The van der Waals surface area contributed by atoms with Crippen molar-refractivity contribution in [2.75, 3.05) is 13.2 Å². The summed E-state index contributed by atoms with van der Waals surface area (Å²) in [5.74, 6) is 0.0941. The van der Waals surface area contributed by atoms with Gasteiger partial charge in [0.25, 0.3) is 0 Å². The van der Waals surface area contributed by atoms with Crippen molar-refractivity contribution in [2.45, 2.75) is 24.3 Å². The smallest absolute Gasteiger partial charge is 0.231 e. The number of carbonyl (C=O) groups excluding carboxylic acids is 1. The van der Waals surface area contributed by atoms with Crippen LogP contribution in [-0.2, 0) is 14.9 Å². The molecule has 1 aliphatic rings. The van der Waals surface area contributed by atoms with Gasteiger partial charge in [-0.15, -0.1) is 11.3 Å². The molecule has 3 aromatic rings. The molecule has 3 nitrogen and oxygen atoms in total. The minimum absolute atomic E-state index is 0.0941. The van der Waals surface area contributed by atoms with Crippen molar-refractivity contribution in [2.24, 2.45) is 0 Å². The van der Waals surface area contributed by atoms with Crippen LogP contribution < -0.4 is 5.32 Å². The number of rotatable bonds is 5. The molecule has 2 aromatic heterocycles. The standard InChI is InChI=1S/C21H21NO2S2/c23-20(21(9-11-24-12-10-21)17-5-2-1-3-6-17)22-19(16-8-14-25-15-16)18-7-4-13-26-18/h1-8,13-15,19H,9-12H2,(H,22,23)/t19-/m0/s1. The quantitative estimate of drug-likeness (QED) is 0.690. The van der Waals surface area contributed by atoms with E-state index in [0.717, 1.165) is 16.0 Å². The molecule has 0 radical (unpaired) electrons. The van der Waals surface area contributed by atoms with Crippen molar-refractivity contribution in [3.05, 3.63) is 80.7 Å². The lowest BCUT2D eigenvalue weighted by atomic mass is 9.73. The normalized spacial score (nSPS) is 17.5. The first kappa shape index (κ1) is 17.5. The summed E-state index contributed by atoms with van der Waals surface area (Å²) in [5.41, 5.74) is 1.70. The lowest BCUT2D eigenvalue weighted by Gasteiger charge is -2.37. The third kappa shape index (κ3) is 3.34. The zero-order valence-corrected chi connectivity index (χ0v) is 16.0. The summed E-state index contributed by atoms with van der Waals surface area (Å²) in [4.78, 5) is 14.7. The van der Waals surface area contributed by atoms with Gasteiger partial charge in [0.1, 0.15) is 0 Å². The summed E-state index contributed by atoms with van der Waals surface area (Å²) in [6.45, 7) is 1.23. The molecule has 26 heavy (non-hydrogen) atoms. The number of hydrogen-bond acceptors (Lipinski definition) is 4. The number of carbonyl (C=O) groups is 1. The second-order valence-electron chi connectivity index (χ2n) is 6.54. The number of benzene rings is 1. The number of hydrogen-bond donors (Lipinski definition) is 1.